The molecule has 0 aromatic carbocycles. The number of imidazole rings is 1. The van der Waals surface area contributed by atoms with Gasteiger partial charge in [-0.2, -0.15) is 0 Å². The third-order valence-corrected chi connectivity index (χ3v) is 5.12. The van der Waals surface area contributed by atoms with Crippen molar-refractivity contribution < 1.29 is 4.79 Å². The molecule has 1 unspecified atom stereocenters. The van der Waals surface area contributed by atoms with Gasteiger partial charge in [-0.25, -0.2) is 9.97 Å². The molecule has 1 atom stereocenters. The number of piperidine rings is 1. The Bertz CT molecular complexity index is 952. The molecule has 1 fully saturated rings. The average molecular weight is 376 g/mol. The van der Waals surface area contributed by atoms with E-state index in [1.54, 1.807) is 37.1 Å². The topological polar surface area (TPSA) is 76.8 Å². The lowest BCUT2D eigenvalue weighted by atomic mass is 9.93. The third kappa shape index (κ3) is 3.52. The maximum Gasteiger partial charge on any atom is 0.255 e. The number of aromatic nitrogens is 5. The highest BCUT2D eigenvalue weighted by Crippen LogP contribution is 2.30. The van der Waals surface area contributed by atoms with E-state index in [-0.39, 0.29) is 17.7 Å². The van der Waals surface area contributed by atoms with E-state index < -0.39 is 0 Å². The number of hydrogen-bond acceptors (Lipinski definition) is 5. The fraction of sp³-hybridized carbons (Fsp3) is 0.381. The van der Waals surface area contributed by atoms with Crippen molar-refractivity contribution in [1.82, 2.24) is 29.4 Å². The maximum atomic E-state index is 12.9. The predicted molar refractivity (Wildman–Crippen MR) is 105 cm³/mol. The molecular weight excluding hydrogens is 352 g/mol. The molecule has 0 radical (unpaired) electrons. The summed E-state index contributed by atoms with van der Waals surface area (Å²) in [4.78, 5) is 32.6. The molecule has 1 amide bonds. The van der Waals surface area contributed by atoms with Crippen LogP contribution in [0.4, 0.5) is 0 Å². The maximum absolute atomic E-state index is 12.9. The lowest BCUT2D eigenvalue weighted by Gasteiger charge is -2.33. The van der Waals surface area contributed by atoms with Gasteiger partial charge in [0.25, 0.3) is 5.91 Å². The van der Waals surface area contributed by atoms with Crippen molar-refractivity contribution in [3.05, 3.63) is 66.4 Å². The van der Waals surface area contributed by atoms with Crippen LogP contribution in [0.25, 0.3) is 5.82 Å². The molecule has 4 rings (SSSR count). The van der Waals surface area contributed by atoms with Crippen LogP contribution < -0.4 is 0 Å². The Morgan fingerprint density at radius 1 is 1.14 bits per heavy atom. The van der Waals surface area contributed by atoms with Gasteiger partial charge in [-0.3, -0.25) is 19.3 Å². The van der Waals surface area contributed by atoms with Crippen molar-refractivity contribution in [1.29, 1.82) is 0 Å². The van der Waals surface area contributed by atoms with E-state index in [0.29, 0.717) is 12.1 Å². The van der Waals surface area contributed by atoms with E-state index in [2.05, 4.69) is 33.8 Å². The summed E-state index contributed by atoms with van der Waals surface area (Å²) in [7, 11) is 0. The molecule has 3 aromatic heterocycles. The van der Waals surface area contributed by atoms with Gasteiger partial charge in [0.1, 0.15) is 5.82 Å². The zero-order valence-corrected chi connectivity index (χ0v) is 16.2. The van der Waals surface area contributed by atoms with Gasteiger partial charge in [0, 0.05) is 62.1 Å². The number of likely N-dealkylation sites (tertiary alicyclic amines) is 1. The lowest BCUT2D eigenvalue weighted by Crippen LogP contribution is -2.39. The molecule has 0 aliphatic carbocycles. The van der Waals surface area contributed by atoms with Crippen LogP contribution in [-0.2, 0) is 0 Å². The molecule has 1 aliphatic rings. The summed E-state index contributed by atoms with van der Waals surface area (Å²) >= 11 is 0. The van der Waals surface area contributed by atoms with Gasteiger partial charge in [-0.05, 0) is 25.0 Å². The second-order valence-corrected chi connectivity index (χ2v) is 7.41. The molecule has 7 heteroatoms. The van der Waals surface area contributed by atoms with Crippen LogP contribution in [0, 0.1) is 0 Å². The molecule has 3 aromatic rings. The number of carbonyl (C=O) groups excluding carboxylic acids is 1. The van der Waals surface area contributed by atoms with Gasteiger partial charge in [-0.1, -0.05) is 13.8 Å². The van der Waals surface area contributed by atoms with Crippen LogP contribution in [0.2, 0.25) is 0 Å². The summed E-state index contributed by atoms with van der Waals surface area (Å²) in [6.07, 6.45) is 12.4. The summed E-state index contributed by atoms with van der Waals surface area (Å²) in [6.45, 7) is 5.61. The Hall–Kier alpha value is -3.09. The number of amides is 1. The standard InChI is InChI=1S/C21H24N6O/c1-15(2)19-25-10-12-27(19)20-18(23-8-9-24-20)17-6-4-11-26(14-17)21(28)16-5-3-7-22-13-16/h3,5,7-10,12-13,15,17H,4,6,11,14H2,1-2H3. The van der Waals surface area contributed by atoms with E-state index >= 15 is 0 Å². The third-order valence-electron chi connectivity index (χ3n) is 5.12. The zero-order chi connectivity index (χ0) is 19.5. The van der Waals surface area contributed by atoms with Gasteiger partial charge in [-0.15, -0.1) is 0 Å². The molecule has 4 heterocycles. The van der Waals surface area contributed by atoms with Crippen LogP contribution in [0.5, 0.6) is 0 Å². The first kappa shape index (κ1) is 18.3. The summed E-state index contributed by atoms with van der Waals surface area (Å²) in [5.74, 6) is 2.21. The largest absolute Gasteiger partial charge is 0.338 e. The van der Waals surface area contributed by atoms with Crippen LogP contribution in [0.1, 0.15) is 60.4 Å². The Morgan fingerprint density at radius 3 is 2.79 bits per heavy atom. The van der Waals surface area contributed by atoms with Gasteiger partial charge < -0.3 is 4.90 Å². The van der Waals surface area contributed by atoms with E-state index in [1.807, 2.05) is 21.7 Å². The molecular formula is C21H24N6O. The smallest absolute Gasteiger partial charge is 0.255 e. The van der Waals surface area contributed by atoms with E-state index in [1.165, 1.54) is 0 Å². The van der Waals surface area contributed by atoms with Gasteiger partial charge in [0.15, 0.2) is 5.82 Å². The van der Waals surface area contributed by atoms with Gasteiger partial charge >= 0.3 is 0 Å². The van der Waals surface area contributed by atoms with Crippen molar-refractivity contribution in [2.45, 2.75) is 38.5 Å². The molecule has 0 N–H and O–H groups in total. The average Bonchev–Trinajstić information content (AvgIpc) is 3.24. The van der Waals surface area contributed by atoms with Crippen LogP contribution >= 0.6 is 0 Å². The minimum Gasteiger partial charge on any atom is -0.338 e. The van der Waals surface area contributed by atoms with E-state index in [4.69, 9.17) is 0 Å². The summed E-state index contributed by atoms with van der Waals surface area (Å²) < 4.78 is 2.02. The highest BCUT2D eigenvalue weighted by Gasteiger charge is 2.29. The van der Waals surface area contributed by atoms with E-state index in [9.17, 15) is 4.79 Å². The van der Waals surface area contributed by atoms with Crippen molar-refractivity contribution in [3.63, 3.8) is 0 Å². The summed E-state index contributed by atoms with van der Waals surface area (Å²) in [5, 5.41) is 0. The van der Waals surface area contributed by atoms with Crippen LogP contribution in [-0.4, -0.2) is 48.4 Å². The number of nitrogens with zero attached hydrogens (tertiary/aromatic N) is 6. The first-order valence-corrected chi connectivity index (χ1v) is 9.69. The lowest BCUT2D eigenvalue weighted by molar-refractivity contribution is 0.0705. The van der Waals surface area contributed by atoms with Crippen LogP contribution in [0.15, 0.2) is 49.3 Å². The monoisotopic (exact) mass is 376 g/mol. The fourth-order valence-corrected chi connectivity index (χ4v) is 3.79. The van der Waals surface area contributed by atoms with Crippen molar-refractivity contribution in [3.8, 4) is 5.82 Å². The van der Waals surface area contributed by atoms with Crippen molar-refractivity contribution in [2.24, 2.45) is 0 Å². The van der Waals surface area contributed by atoms with Crippen LogP contribution in [0.3, 0.4) is 0 Å². The fourth-order valence-electron chi connectivity index (χ4n) is 3.79. The van der Waals surface area contributed by atoms with E-state index in [0.717, 1.165) is 36.7 Å². The quantitative estimate of drug-likeness (QED) is 0.699. The Morgan fingerprint density at radius 2 is 2.00 bits per heavy atom. The Balaban J connectivity index is 1.63. The molecule has 0 bridgehead atoms. The number of pyridine rings is 1. The summed E-state index contributed by atoms with van der Waals surface area (Å²) in [6, 6.07) is 3.61. The summed E-state index contributed by atoms with van der Waals surface area (Å²) in [5.41, 5.74) is 1.55. The second-order valence-electron chi connectivity index (χ2n) is 7.41. The predicted octanol–water partition coefficient (Wildman–Crippen LogP) is 3.20. The highest BCUT2D eigenvalue weighted by atomic mass is 16.2. The normalized spacial score (nSPS) is 17.1. The highest BCUT2D eigenvalue weighted by molar-refractivity contribution is 5.94. The second kappa shape index (κ2) is 7.88. The Kier molecular flexibility index (Phi) is 5.14. The molecule has 144 valence electrons. The van der Waals surface area contributed by atoms with Gasteiger partial charge in [0.2, 0.25) is 0 Å². The first-order chi connectivity index (χ1) is 13.6. The number of carbonyl (C=O) groups is 1. The first-order valence-electron chi connectivity index (χ1n) is 9.69. The van der Waals surface area contributed by atoms with Gasteiger partial charge in [0.05, 0.1) is 11.3 Å². The molecule has 1 saturated heterocycles. The Labute approximate surface area is 164 Å². The molecule has 28 heavy (non-hydrogen) atoms. The van der Waals surface area contributed by atoms with Crippen molar-refractivity contribution >= 4 is 5.91 Å². The zero-order valence-electron chi connectivity index (χ0n) is 16.2. The number of rotatable bonds is 4. The number of hydrogen-bond donors (Lipinski definition) is 0. The molecule has 7 nitrogen and oxygen atoms in total. The minimum absolute atomic E-state index is 0.0220. The molecule has 1 aliphatic heterocycles. The minimum atomic E-state index is 0.0220. The van der Waals surface area contributed by atoms with Crippen molar-refractivity contribution in [2.75, 3.05) is 13.1 Å². The molecule has 0 saturated carbocycles. The molecule has 0 spiro atoms. The SMILES string of the molecule is CC(C)c1nccn1-c1nccnc1C1CCCN(C(=O)c2cccnc2)C1.